The molecular formula is C25H30N4O3S. The molecular weight excluding hydrogens is 436 g/mol. The van der Waals surface area contributed by atoms with E-state index in [1.165, 1.54) is 22.2 Å². The molecule has 1 aliphatic rings. The number of fused-ring (bicyclic) bond motifs is 1. The summed E-state index contributed by atoms with van der Waals surface area (Å²) in [7, 11) is 0. The maximum Gasteiger partial charge on any atom is 0.262 e. The second-order valence-electron chi connectivity index (χ2n) is 9.03. The Kier molecular flexibility index (Phi) is 6.93. The van der Waals surface area contributed by atoms with Gasteiger partial charge >= 0.3 is 0 Å². The Hall–Kier alpha value is -3.00. The number of piperidine rings is 1. The number of likely N-dealkylation sites (tertiary alicyclic amines) is 1. The van der Waals surface area contributed by atoms with Gasteiger partial charge in [-0.15, -0.1) is 11.3 Å². The topological polar surface area (TPSA) is 84.3 Å². The first-order valence-corrected chi connectivity index (χ1v) is 12.3. The van der Waals surface area contributed by atoms with Gasteiger partial charge in [0.15, 0.2) is 0 Å². The quantitative estimate of drug-likeness (QED) is 0.602. The maximum atomic E-state index is 13.2. The molecule has 1 atom stereocenters. The Bertz CT molecular complexity index is 1210. The first-order valence-electron chi connectivity index (χ1n) is 11.5. The van der Waals surface area contributed by atoms with Crippen LogP contribution in [0.1, 0.15) is 38.7 Å². The van der Waals surface area contributed by atoms with Gasteiger partial charge in [-0.1, -0.05) is 43.7 Å². The van der Waals surface area contributed by atoms with Crippen LogP contribution in [0.3, 0.4) is 0 Å². The minimum absolute atomic E-state index is 0.00503. The van der Waals surface area contributed by atoms with E-state index >= 15 is 0 Å². The fourth-order valence-corrected chi connectivity index (χ4v) is 5.04. The summed E-state index contributed by atoms with van der Waals surface area (Å²) in [4.78, 5) is 45.1. The molecule has 33 heavy (non-hydrogen) atoms. The average Bonchev–Trinajstić information content (AvgIpc) is 3.24. The van der Waals surface area contributed by atoms with Crippen molar-refractivity contribution >= 4 is 33.4 Å². The van der Waals surface area contributed by atoms with Gasteiger partial charge in [0.05, 0.1) is 11.7 Å². The van der Waals surface area contributed by atoms with E-state index in [0.717, 1.165) is 29.5 Å². The third kappa shape index (κ3) is 5.16. The lowest BCUT2D eigenvalue weighted by Gasteiger charge is -2.33. The van der Waals surface area contributed by atoms with Crippen LogP contribution >= 0.6 is 11.3 Å². The highest BCUT2D eigenvalue weighted by Gasteiger charge is 2.25. The van der Waals surface area contributed by atoms with Gasteiger partial charge in [-0.2, -0.15) is 0 Å². The van der Waals surface area contributed by atoms with E-state index in [2.05, 4.69) is 10.3 Å². The van der Waals surface area contributed by atoms with Gasteiger partial charge < -0.3 is 10.2 Å². The number of rotatable bonds is 6. The molecule has 0 radical (unpaired) electrons. The number of thiophene rings is 1. The molecule has 3 aromatic rings. The van der Waals surface area contributed by atoms with E-state index in [0.29, 0.717) is 23.3 Å². The van der Waals surface area contributed by atoms with Crippen LogP contribution in [0.25, 0.3) is 21.3 Å². The van der Waals surface area contributed by atoms with E-state index in [1.807, 2.05) is 50.4 Å². The zero-order valence-electron chi connectivity index (χ0n) is 19.3. The summed E-state index contributed by atoms with van der Waals surface area (Å²) in [6, 6.07) is 8.08. The lowest BCUT2D eigenvalue weighted by Crippen LogP contribution is -2.50. The van der Waals surface area contributed by atoms with Gasteiger partial charge in [-0.05, 0) is 25.3 Å². The lowest BCUT2D eigenvalue weighted by atomic mass is 10.0. The van der Waals surface area contributed by atoms with E-state index in [1.54, 1.807) is 4.90 Å². The normalized spacial score (nSPS) is 16.4. The molecule has 7 nitrogen and oxygen atoms in total. The van der Waals surface area contributed by atoms with Crippen molar-refractivity contribution in [1.29, 1.82) is 0 Å². The maximum absolute atomic E-state index is 13.2. The van der Waals surface area contributed by atoms with E-state index < -0.39 is 0 Å². The van der Waals surface area contributed by atoms with Crippen LogP contribution in [0.15, 0.2) is 40.8 Å². The summed E-state index contributed by atoms with van der Waals surface area (Å²) in [5.41, 5.74) is 2.91. The van der Waals surface area contributed by atoms with Crippen molar-refractivity contribution in [2.24, 2.45) is 5.92 Å². The van der Waals surface area contributed by atoms with E-state index in [9.17, 15) is 14.4 Å². The molecule has 3 heterocycles. The fraction of sp³-hybridized carbons (Fsp3) is 0.440. The van der Waals surface area contributed by atoms with Crippen molar-refractivity contribution in [3.8, 4) is 11.1 Å². The van der Waals surface area contributed by atoms with Crippen molar-refractivity contribution < 1.29 is 9.59 Å². The first kappa shape index (κ1) is 23.2. The van der Waals surface area contributed by atoms with Crippen molar-refractivity contribution in [3.63, 3.8) is 0 Å². The van der Waals surface area contributed by atoms with Gasteiger partial charge in [-0.3, -0.25) is 19.0 Å². The van der Waals surface area contributed by atoms with Crippen LogP contribution in [0.4, 0.5) is 0 Å². The number of amides is 2. The molecule has 1 unspecified atom stereocenters. The third-order valence-corrected chi connectivity index (χ3v) is 7.02. The molecule has 2 aromatic heterocycles. The van der Waals surface area contributed by atoms with Crippen LogP contribution in [-0.4, -0.2) is 45.4 Å². The lowest BCUT2D eigenvalue weighted by molar-refractivity contribution is -0.134. The predicted molar refractivity (Wildman–Crippen MR) is 131 cm³/mol. The molecule has 0 saturated carbocycles. The second kappa shape index (κ2) is 9.87. The smallest absolute Gasteiger partial charge is 0.262 e. The van der Waals surface area contributed by atoms with Crippen molar-refractivity contribution in [3.05, 3.63) is 51.9 Å². The number of benzene rings is 1. The van der Waals surface area contributed by atoms with Crippen LogP contribution in [0.5, 0.6) is 0 Å². The van der Waals surface area contributed by atoms with Crippen LogP contribution in [-0.2, 0) is 16.1 Å². The fourth-order valence-electron chi connectivity index (χ4n) is 4.14. The van der Waals surface area contributed by atoms with Crippen LogP contribution in [0, 0.1) is 12.8 Å². The standard InChI is InChI=1S/C25H30N4O3S/c1-16(2)23(31)27-19-5-4-11-28(13-19)21(30)10-12-29-15-26-24-22(25(29)32)20(14-33-24)18-8-6-17(3)7-9-18/h6-9,14-16,19H,4-5,10-13H2,1-3H3,(H,27,31). The highest BCUT2D eigenvalue weighted by atomic mass is 32.1. The Morgan fingerprint density at radius 3 is 2.73 bits per heavy atom. The molecule has 1 fully saturated rings. The second-order valence-corrected chi connectivity index (χ2v) is 9.89. The number of nitrogens with one attached hydrogen (secondary N) is 1. The molecule has 0 aliphatic carbocycles. The molecule has 0 bridgehead atoms. The number of aryl methyl sites for hydroxylation is 2. The van der Waals surface area contributed by atoms with Crippen molar-refractivity contribution in [2.75, 3.05) is 13.1 Å². The zero-order chi connectivity index (χ0) is 23.5. The minimum Gasteiger partial charge on any atom is -0.351 e. The summed E-state index contributed by atoms with van der Waals surface area (Å²) in [6.07, 6.45) is 3.50. The molecule has 0 spiro atoms. The molecule has 4 rings (SSSR count). The number of aromatic nitrogens is 2. The monoisotopic (exact) mass is 466 g/mol. The van der Waals surface area contributed by atoms with Gasteiger partial charge in [0.2, 0.25) is 11.8 Å². The number of nitrogens with zero attached hydrogens (tertiary/aromatic N) is 3. The molecule has 1 N–H and O–H groups in total. The van der Waals surface area contributed by atoms with E-state index in [4.69, 9.17) is 0 Å². The molecule has 8 heteroatoms. The van der Waals surface area contributed by atoms with Crippen molar-refractivity contribution in [2.45, 2.75) is 52.6 Å². The zero-order valence-corrected chi connectivity index (χ0v) is 20.2. The summed E-state index contributed by atoms with van der Waals surface area (Å²) in [5.74, 6) is -0.0674. The Labute approximate surface area is 197 Å². The molecule has 2 amide bonds. The summed E-state index contributed by atoms with van der Waals surface area (Å²) < 4.78 is 1.53. The van der Waals surface area contributed by atoms with Gasteiger partial charge in [0.25, 0.3) is 5.56 Å². The summed E-state index contributed by atoms with van der Waals surface area (Å²) in [5, 5.41) is 5.61. The molecule has 1 aromatic carbocycles. The van der Waals surface area contributed by atoms with Gasteiger partial charge in [0.1, 0.15) is 4.83 Å². The summed E-state index contributed by atoms with van der Waals surface area (Å²) in [6.45, 7) is 7.24. The highest BCUT2D eigenvalue weighted by Crippen LogP contribution is 2.30. The van der Waals surface area contributed by atoms with Gasteiger partial charge in [-0.25, -0.2) is 4.98 Å². The van der Waals surface area contributed by atoms with E-state index in [-0.39, 0.29) is 42.3 Å². The Morgan fingerprint density at radius 1 is 1.24 bits per heavy atom. The summed E-state index contributed by atoms with van der Waals surface area (Å²) >= 11 is 1.46. The number of hydrogen-bond acceptors (Lipinski definition) is 5. The molecule has 1 saturated heterocycles. The minimum atomic E-state index is -0.120. The highest BCUT2D eigenvalue weighted by molar-refractivity contribution is 7.17. The molecule has 1 aliphatic heterocycles. The average molecular weight is 467 g/mol. The number of hydrogen-bond donors (Lipinski definition) is 1. The molecule has 174 valence electrons. The predicted octanol–water partition coefficient (Wildman–Crippen LogP) is 3.59. The number of carbonyl (C=O) groups is 2. The SMILES string of the molecule is Cc1ccc(-c2csc3ncn(CCC(=O)N4CCCC(NC(=O)C(C)C)C4)c(=O)c23)cc1. The van der Waals surface area contributed by atoms with Crippen LogP contribution in [0.2, 0.25) is 0 Å². The number of carbonyl (C=O) groups excluding carboxylic acids is 2. The Balaban J connectivity index is 1.46. The van der Waals surface area contributed by atoms with Crippen LogP contribution < -0.4 is 10.9 Å². The van der Waals surface area contributed by atoms with Crippen molar-refractivity contribution in [1.82, 2.24) is 19.8 Å². The largest absolute Gasteiger partial charge is 0.351 e. The third-order valence-electron chi connectivity index (χ3n) is 6.13. The van der Waals surface area contributed by atoms with Gasteiger partial charge in [0, 0.05) is 49.0 Å². The first-order chi connectivity index (χ1) is 15.8. The Morgan fingerprint density at radius 2 is 2.00 bits per heavy atom.